The number of hydrogen-bond donors (Lipinski definition) is 2. The van der Waals surface area contributed by atoms with Crippen molar-refractivity contribution in [1.29, 1.82) is 0 Å². The molecule has 1 aliphatic heterocycles. The van der Waals surface area contributed by atoms with Crippen LogP contribution in [0.2, 0.25) is 0 Å². The van der Waals surface area contributed by atoms with Crippen molar-refractivity contribution in [2.24, 2.45) is 0 Å². The van der Waals surface area contributed by atoms with Gasteiger partial charge in [-0.25, -0.2) is 8.42 Å². The summed E-state index contributed by atoms with van der Waals surface area (Å²) < 4.78 is 28.2. The maximum Gasteiger partial charge on any atom is 0.305 e. The van der Waals surface area contributed by atoms with Crippen molar-refractivity contribution in [2.45, 2.75) is 50.3 Å². The van der Waals surface area contributed by atoms with Crippen LogP contribution >= 0.6 is 0 Å². The molecule has 2 N–H and O–H groups in total. The fraction of sp³-hybridized carbons (Fsp3) is 0.846. The van der Waals surface area contributed by atoms with Gasteiger partial charge in [0.15, 0.2) is 9.84 Å². The summed E-state index contributed by atoms with van der Waals surface area (Å²) in [6, 6.07) is 0. The molecule has 1 amide bonds. The standard InChI is InChI=1S/C13H23NO6S/c1-12(2,3)21(18,19)9-10(15)14-13(8-11(16)17)4-6-20-7-5-13/h4-9H2,1-3H3,(H,14,15)(H,16,17). The van der Waals surface area contributed by atoms with E-state index in [1.807, 2.05) is 0 Å². The van der Waals surface area contributed by atoms with E-state index >= 15 is 0 Å². The number of carboxylic acids is 1. The third-order valence-electron chi connectivity index (χ3n) is 3.60. The van der Waals surface area contributed by atoms with Gasteiger partial charge in [0.2, 0.25) is 5.91 Å². The Balaban J connectivity index is 2.80. The second-order valence-electron chi connectivity index (χ2n) is 6.38. The van der Waals surface area contributed by atoms with Gasteiger partial charge in [0, 0.05) is 13.2 Å². The summed E-state index contributed by atoms with van der Waals surface area (Å²) in [5.41, 5.74) is -0.922. The second-order valence-corrected chi connectivity index (χ2v) is 9.13. The van der Waals surface area contributed by atoms with E-state index in [-0.39, 0.29) is 6.42 Å². The van der Waals surface area contributed by atoms with Gasteiger partial charge in [0.25, 0.3) is 0 Å². The second kappa shape index (κ2) is 6.31. The van der Waals surface area contributed by atoms with Crippen molar-refractivity contribution < 1.29 is 27.9 Å². The Hall–Kier alpha value is -1.15. The number of nitrogens with one attached hydrogen (secondary N) is 1. The predicted octanol–water partition coefficient (Wildman–Crippen LogP) is 0.340. The van der Waals surface area contributed by atoms with Crippen LogP contribution in [0.25, 0.3) is 0 Å². The van der Waals surface area contributed by atoms with Crippen LogP contribution in [0.1, 0.15) is 40.0 Å². The van der Waals surface area contributed by atoms with Gasteiger partial charge in [-0.2, -0.15) is 0 Å². The SMILES string of the molecule is CC(C)(C)S(=O)(=O)CC(=O)NC1(CC(=O)O)CCOCC1. The molecule has 1 saturated heterocycles. The van der Waals surface area contributed by atoms with E-state index in [2.05, 4.69) is 5.32 Å². The van der Waals surface area contributed by atoms with E-state index in [9.17, 15) is 18.0 Å². The highest BCUT2D eigenvalue weighted by Gasteiger charge is 2.38. The van der Waals surface area contributed by atoms with Crippen molar-refractivity contribution in [3.8, 4) is 0 Å². The molecule has 1 aliphatic rings. The van der Waals surface area contributed by atoms with Gasteiger partial charge in [-0.15, -0.1) is 0 Å². The highest BCUT2D eigenvalue weighted by atomic mass is 32.2. The molecule has 1 fully saturated rings. The number of carboxylic acid groups (broad SMARTS) is 1. The zero-order valence-corrected chi connectivity index (χ0v) is 13.5. The van der Waals surface area contributed by atoms with Gasteiger partial charge in [-0.1, -0.05) is 0 Å². The molecule has 8 heteroatoms. The molecule has 0 spiro atoms. The normalized spacial score (nSPS) is 19.0. The quantitative estimate of drug-likeness (QED) is 0.755. The molecule has 7 nitrogen and oxygen atoms in total. The first-order chi connectivity index (χ1) is 9.47. The molecule has 0 aromatic carbocycles. The Morgan fingerprint density at radius 1 is 1.24 bits per heavy atom. The highest BCUT2D eigenvalue weighted by Crippen LogP contribution is 2.25. The number of carbonyl (C=O) groups is 2. The summed E-state index contributed by atoms with van der Waals surface area (Å²) in [5, 5.41) is 11.6. The highest BCUT2D eigenvalue weighted by molar-refractivity contribution is 7.93. The number of aliphatic carboxylic acids is 1. The summed E-state index contributed by atoms with van der Waals surface area (Å²) >= 11 is 0. The van der Waals surface area contributed by atoms with Crippen LogP contribution in [0.4, 0.5) is 0 Å². The smallest absolute Gasteiger partial charge is 0.305 e. The number of rotatable bonds is 5. The van der Waals surface area contributed by atoms with Crippen LogP contribution in [-0.4, -0.2) is 54.7 Å². The molecule has 0 aromatic rings. The number of hydrogen-bond acceptors (Lipinski definition) is 5. The molecule has 0 bridgehead atoms. The molecule has 0 radical (unpaired) electrons. The number of sulfone groups is 1. The fourth-order valence-corrected chi connectivity index (χ4v) is 2.97. The van der Waals surface area contributed by atoms with Crippen molar-refractivity contribution in [1.82, 2.24) is 5.32 Å². The Labute approximate surface area is 125 Å². The van der Waals surface area contributed by atoms with Crippen molar-refractivity contribution in [3.05, 3.63) is 0 Å². The summed E-state index contributed by atoms with van der Waals surface area (Å²) in [6.07, 6.45) is 0.485. The summed E-state index contributed by atoms with van der Waals surface area (Å²) in [7, 11) is -3.59. The molecule has 21 heavy (non-hydrogen) atoms. The Bertz CT molecular complexity index is 499. The molecule has 0 atom stereocenters. The van der Waals surface area contributed by atoms with E-state index in [0.717, 1.165) is 0 Å². The molecular weight excluding hydrogens is 298 g/mol. The maximum absolute atomic E-state index is 12.0. The predicted molar refractivity (Wildman–Crippen MR) is 76.7 cm³/mol. The van der Waals surface area contributed by atoms with Gasteiger partial charge in [0.05, 0.1) is 16.7 Å². The Morgan fingerprint density at radius 2 is 1.76 bits per heavy atom. The summed E-state index contributed by atoms with van der Waals surface area (Å²) in [5.74, 6) is -2.33. The first-order valence-corrected chi connectivity index (χ1v) is 8.46. The lowest BCUT2D eigenvalue weighted by Gasteiger charge is -2.37. The van der Waals surface area contributed by atoms with Crippen molar-refractivity contribution >= 4 is 21.7 Å². The van der Waals surface area contributed by atoms with Crippen LogP contribution in [0.5, 0.6) is 0 Å². The molecule has 1 heterocycles. The van der Waals surface area contributed by atoms with Crippen LogP contribution in [-0.2, 0) is 24.2 Å². The lowest BCUT2D eigenvalue weighted by atomic mass is 9.86. The zero-order chi connectivity index (χ0) is 16.3. The minimum atomic E-state index is -3.59. The average molecular weight is 321 g/mol. The summed E-state index contributed by atoms with van der Waals surface area (Å²) in [4.78, 5) is 23.0. The number of amides is 1. The van der Waals surface area contributed by atoms with E-state index in [1.54, 1.807) is 0 Å². The maximum atomic E-state index is 12.0. The molecule has 0 unspecified atom stereocenters. The topological polar surface area (TPSA) is 110 Å². The number of ether oxygens (including phenoxy) is 1. The van der Waals surface area contributed by atoms with Crippen molar-refractivity contribution in [3.63, 3.8) is 0 Å². The molecule has 0 saturated carbocycles. The van der Waals surface area contributed by atoms with E-state index in [4.69, 9.17) is 9.84 Å². The minimum Gasteiger partial charge on any atom is -0.481 e. The lowest BCUT2D eigenvalue weighted by molar-refractivity contribution is -0.140. The zero-order valence-electron chi connectivity index (χ0n) is 12.6. The first kappa shape index (κ1) is 17.9. The molecular formula is C13H23NO6S. The van der Waals surface area contributed by atoms with E-state index in [1.165, 1.54) is 20.8 Å². The van der Waals surface area contributed by atoms with E-state index in [0.29, 0.717) is 26.1 Å². The number of carbonyl (C=O) groups excluding carboxylic acids is 1. The average Bonchev–Trinajstić information content (AvgIpc) is 2.25. The molecule has 1 rings (SSSR count). The molecule has 0 aliphatic carbocycles. The first-order valence-electron chi connectivity index (χ1n) is 6.80. The van der Waals surface area contributed by atoms with E-state index < -0.39 is 37.8 Å². The third kappa shape index (κ3) is 4.96. The van der Waals surface area contributed by atoms with Gasteiger partial charge in [-0.05, 0) is 33.6 Å². The van der Waals surface area contributed by atoms with Gasteiger partial charge in [-0.3, -0.25) is 9.59 Å². The van der Waals surface area contributed by atoms with Crippen LogP contribution in [0.15, 0.2) is 0 Å². The minimum absolute atomic E-state index is 0.238. The lowest BCUT2D eigenvalue weighted by Crippen LogP contribution is -2.55. The third-order valence-corrected chi connectivity index (χ3v) is 6.11. The van der Waals surface area contributed by atoms with Crippen LogP contribution in [0.3, 0.4) is 0 Å². The largest absolute Gasteiger partial charge is 0.481 e. The van der Waals surface area contributed by atoms with Gasteiger partial charge in [0.1, 0.15) is 5.75 Å². The van der Waals surface area contributed by atoms with Crippen LogP contribution < -0.4 is 5.32 Å². The molecule has 122 valence electrons. The fourth-order valence-electron chi connectivity index (χ4n) is 2.12. The monoisotopic (exact) mass is 321 g/mol. The van der Waals surface area contributed by atoms with Gasteiger partial charge < -0.3 is 15.2 Å². The van der Waals surface area contributed by atoms with Crippen LogP contribution in [0, 0.1) is 0 Å². The Kier molecular flexibility index (Phi) is 5.38. The molecule has 0 aromatic heterocycles. The summed E-state index contributed by atoms with van der Waals surface area (Å²) in [6.45, 7) is 5.27. The van der Waals surface area contributed by atoms with Crippen molar-refractivity contribution in [2.75, 3.05) is 19.0 Å². The Morgan fingerprint density at radius 3 is 2.19 bits per heavy atom. The van der Waals surface area contributed by atoms with Gasteiger partial charge >= 0.3 is 5.97 Å².